The van der Waals surface area contributed by atoms with Gasteiger partial charge in [-0.25, -0.2) is 4.79 Å². The number of carbonyl (C=O) groups excluding carboxylic acids is 3. The number of aliphatic carboxylic acids is 1. The van der Waals surface area contributed by atoms with Gasteiger partial charge in [0.05, 0.1) is 19.2 Å². The molecule has 30 heavy (non-hydrogen) atoms. The smallest absolute Gasteiger partial charge is 0.328 e. The van der Waals surface area contributed by atoms with Gasteiger partial charge in [0.25, 0.3) is 0 Å². The minimum Gasteiger partial charge on any atom is -0.480 e. The van der Waals surface area contributed by atoms with Crippen LogP contribution in [0.4, 0.5) is 0 Å². The van der Waals surface area contributed by atoms with Crippen molar-refractivity contribution in [3.05, 3.63) is 0 Å². The number of carboxylic acid groups (broad SMARTS) is 1. The molecule has 0 spiro atoms. The number of hydrogen-bond acceptors (Lipinski definition) is 7. The largest absolute Gasteiger partial charge is 0.480 e. The summed E-state index contributed by atoms with van der Waals surface area (Å²) in [6, 6.07) is -3.38. The summed E-state index contributed by atoms with van der Waals surface area (Å²) < 4.78 is 0. The number of guanidine groups is 1. The second-order valence-corrected chi connectivity index (χ2v) is 7.10. The Hall–Kier alpha value is -2.93. The van der Waals surface area contributed by atoms with Crippen LogP contribution in [0.1, 0.15) is 33.1 Å². The fourth-order valence-electron chi connectivity index (χ4n) is 2.36. The number of hydrogen-bond donors (Lipinski definition) is 8. The molecule has 0 aromatic heterocycles. The standard InChI is InChI=1S/C17H33N7O6/c1-9(2)6-11(15(28)24-12(8-25)16(29)30)23-13(26)7-22-14(27)10(18)4-3-5-21-17(19)20/h9-12,25H,3-8,18H2,1-2H3,(H,22,27)(H,23,26)(H,24,28)(H,29,30)(H4,19,20,21). The summed E-state index contributed by atoms with van der Waals surface area (Å²) in [6.07, 6.45) is 1.01. The van der Waals surface area contributed by atoms with Crippen molar-refractivity contribution in [2.24, 2.45) is 28.1 Å². The number of nitrogens with one attached hydrogen (secondary N) is 3. The fourth-order valence-corrected chi connectivity index (χ4v) is 2.36. The first kappa shape index (κ1) is 27.1. The van der Waals surface area contributed by atoms with Gasteiger partial charge in [0.2, 0.25) is 17.7 Å². The zero-order valence-electron chi connectivity index (χ0n) is 17.3. The minimum absolute atomic E-state index is 0.00619. The summed E-state index contributed by atoms with van der Waals surface area (Å²) in [6.45, 7) is 2.75. The lowest BCUT2D eigenvalue weighted by Gasteiger charge is -2.22. The highest BCUT2D eigenvalue weighted by Crippen LogP contribution is 2.05. The van der Waals surface area contributed by atoms with Crippen LogP contribution < -0.4 is 33.2 Å². The highest BCUT2D eigenvalue weighted by molar-refractivity contribution is 5.92. The first-order valence-corrected chi connectivity index (χ1v) is 9.50. The Labute approximate surface area is 174 Å². The molecular formula is C17H33N7O6. The van der Waals surface area contributed by atoms with Crippen molar-refractivity contribution in [1.29, 1.82) is 0 Å². The van der Waals surface area contributed by atoms with E-state index in [1.54, 1.807) is 0 Å². The predicted molar refractivity (Wildman–Crippen MR) is 109 cm³/mol. The summed E-state index contributed by atoms with van der Waals surface area (Å²) in [5, 5.41) is 24.9. The predicted octanol–water partition coefficient (Wildman–Crippen LogP) is -3.42. The maximum Gasteiger partial charge on any atom is 0.328 e. The van der Waals surface area contributed by atoms with E-state index in [-0.39, 0.29) is 18.3 Å². The molecule has 0 bridgehead atoms. The maximum absolute atomic E-state index is 12.3. The molecule has 0 aliphatic carbocycles. The van der Waals surface area contributed by atoms with Gasteiger partial charge in [-0.1, -0.05) is 13.8 Å². The molecular weight excluding hydrogens is 398 g/mol. The molecule has 0 saturated heterocycles. The summed E-state index contributed by atoms with van der Waals surface area (Å²) in [7, 11) is 0. The zero-order chi connectivity index (χ0) is 23.3. The number of nitrogens with zero attached hydrogens (tertiary/aromatic N) is 1. The lowest BCUT2D eigenvalue weighted by molar-refractivity contribution is -0.143. The summed E-state index contributed by atoms with van der Waals surface area (Å²) in [5.74, 6) is -3.40. The first-order chi connectivity index (χ1) is 14.0. The molecule has 0 fully saturated rings. The number of aliphatic hydroxyl groups excluding tert-OH is 1. The number of aliphatic imine (C=N–C) groups is 1. The Bertz CT molecular complexity index is 622. The fraction of sp³-hybridized carbons (Fsp3) is 0.706. The van der Waals surface area contributed by atoms with E-state index in [0.717, 1.165) is 0 Å². The first-order valence-electron chi connectivity index (χ1n) is 9.50. The Morgan fingerprint density at radius 2 is 1.67 bits per heavy atom. The molecule has 13 heteroatoms. The molecule has 0 radical (unpaired) electrons. The van der Waals surface area contributed by atoms with E-state index in [2.05, 4.69) is 20.9 Å². The number of carboxylic acids is 1. The van der Waals surface area contributed by atoms with E-state index < -0.39 is 55.0 Å². The second-order valence-electron chi connectivity index (χ2n) is 7.10. The Morgan fingerprint density at radius 1 is 1.03 bits per heavy atom. The zero-order valence-corrected chi connectivity index (χ0v) is 17.3. The van der Waals surface area contributed by atoms with Crippen LogP contribution in [0, 0.1) is 5.92 Å². The number of amides is 3. The maximum atomic E-state index is 12.3. The van der Waals surface area contributed by atoms with Crippen molar-refractivity contribution in [1.82, 2.24) is 16.0 Å². The van der Waals surface area contributed by atoms with Crippen LogP contribution in [0.3, 0.4) is 0 Å². The van der Waals surface area contributed by atoms with Crippen molar-refractivity contribution >= 4 is 29.7 Å². The van der Waals surface area contributed by atoms with Crippen LogP contribution in [-0.4, -0.2) is 77.7 Å². The molecule has 3 atom stereocenters. The Morgan fingerprint density at radius 3 is 2.17 bits per heavy atom. The van der Waals surface area contributed by atoms with Gasteiger partial charge in [-0.2, -0.15) is 0 Å². The lowest BCUT2D eigenvalue weighted by Crippen LogP contribution is -2.54. The van der Waals surface area contributed by atoms with Gasteiger partial charge in [0.15, 0.2) is 5.96 Å². The monoisotopic (exact) mass is 431 g/mol. The summed E-state index contributed by atoms with van der Waals surface area (Å²) in [5.41, 5.74) is 16.1. The van der Waals surface area contributed by atoms with Crippen molar-refractivity contribution in [2.75, 3.05) is 19.7 Å². The van der Waals surface area contributed by atoms with Crippen molar-refractivity contribution in [2.45, 2.75) is 51.2 Å². The van der Waals surface area contributed by atoms with Gasteiger partial charge in [0, 0.05) is 6.54 Å². The average Bonchev–Trinajstić information content (AvgIpc) is 2.65. The molecule has 0 aromatic carbocycles. The van der Waals surface area contributed by atoms with Crippen molar-refractivity contribution < 1.29 is 29.4 Å². The quantitative estimate of drug-likeness (QED) is 0.0775. The van der Waals surface area contributed by atoms with Crippen LogP contribution in [-0.2, 0) is 19.2 Å². The van der Waals surface area contributed by atoms with E-state index in [9.17, 15) is 19.2 Å². The molecule has 3 unspecified atom stereocenters. The number of aliphatic hydroxyl groups is 1. The van der Waals surface area contributed by atoms with E-state index >= 15 is 0 Å². The van der Waals surface area contributed by atoms with Crippen LogP contribution in [0.2, 0.25) is 0 Å². The van der Waals surface area contributed by atoms with Crippen LogP contribution in [0.15, 0.2) is 4.99 Å². The average molecular weight is 431 g/mol. The van der Waals surface area contributed by atoms with Gasteiger partial charge in [0.1, 0.15) is 12.1 Å². The number of rotatable bonds is 14. The molecule has 0 aliphatic rings. The van der Waals surface area contributed by atoms with E-state index in [0.29, 0.717) is 19.4 Å². The van der Waals surface area contributed by atoms with Gasteiger partial charge in [-0.05, 0) is 25.2 Å². The van der Waals surface area contributed by atoms with Gasteiger partial charge >= 0.3 is 5.97 Å². The highest BCUT2D eigenvalue weighted by atomic mass is 16.4. The third-order valence-corrected chi connectivity index (χ3v) is 3.88. The van der Waals surface area contributed by atoms with Crippen molar-refractivity contribution in [3.8, 4) is 0 Å². The van der Waals surface area contributed by atoms with Gasteiger partial charge in [-0.15, -0.1) is 0 Å². The third kappa shape index (κ3) is 11.8. The summed E-state index contributed by atoms with van der Waals surface area (Å²) >= 11 is 0. The Balaban J connectivity index is 4.64. The van der Waals surface area contributed by atoms with Crippen LogP contribution >= 0.6 is 0 Å². The molecule has 0 saturated carbocycles. The van der Waals surface area contributed by atoms with Crippen LogP contribution in [0.25, 0.3) is 0 Å². The molecule has 3 amide bonds. The minimum atomic E-state index is -1.49. The van der Waals surface area contributed by atoms with E-state index in [4.69, 9.17) is 27.4 Å². The summed E-state index contributed by atoms with van der Waals surface area (Å²) in [4.78, 5) is 51.1. The highest BCUT2D eigenvalue weighted by Gasteiger charge is 2.27. The third-order valence-electron chi connectivity index (χ3n) is 3.88. The number of carbonyl (C=O) groups is 4. The second kappa shape index (κ2) is 14.1. The molecule has 0 heterocycles. The van der Waals surface area contributed by atoms with E-state index in [1.807, 2.05) is 13.8 Å². The Kier molecular flexibility index (Phi) is 12.7. The molecule has 0 aliphatic heterocycles. The normalized spacial score (nSPS) is 13.6. The van der Waals surface area contributed by atoms with Gasteiger partial charge < -0.3 is 43.4 Å². The lowest BCUT2D eigenvalue weighted by atomic mass is 10.0. The molecule has 13 nitrogen and oxygen atoms in total. The van der Waals surface area contributed by atoms with Crippen molar-refractivity contribution in [3.63, 3.8) is 0 Å². The topological polar surface area (TPSA) is 235 Å². The molecule has 0 aromatic rings. The molecule has 11 N–H and O–H groups in total. The molecule has 172 valence electrons. The van der Waals surface area contributed by atoms with Crippen LogP contribution in [0.5, 0.6) is 0 Å². The van der Waals surface area contributed by atoms with Gasteiger partial charge in [-0.3, -0.25) is 19.4 Å². The van der Waals surface area contributed by atoms with E-state index in [1.165, 1.54) is 0 Å². The molecule has 0 rings (SSSR count). The SMILES string of the molecule is CC(C)CC(NC(=O)CNC(=O)C(N)CCCN=C(N)N)C(=O)NC(CO)C(=O)O. The number of nitrogens with two attached hydrogens (primary N) is 3.